The third-order valence-electron chi connectivity index (χ3n) is 5.02. The van der Waals surface area contributed by atoms with Gasteiger partial charge in [-0.25, -0.2) is 0 Å². The lowest BCUT2D eigenvalue weighted by molar-refractivity contribution is -0.117. The Balaban J connectivity index is 1.73. The Bertz CT molecular complexity index is 790. The van der Waals surface area contributed by atoms with Gasteiger partial charge in [-0.2, -0.15) is 0 Å². The largest absolute Gasteiger partial charge is 0.340 e. The lowest BCUT2D eigenvalue weighted by Gasteiger charge is -2.26. The summed E-state index contributed by atoms with van der Waals surface area (Å²) in [6.07, 6.45) is 1.61. The predicted molar refractivity (Wildman–Crippen MR) is 103 cm³/mol. The zero-order chi connectivity index (χ0) is 17.4. The highest BCUT2D eigenvalue weighted by molar-refractivity contribution is 6.30. The summed E-state index contributed by atoms with van der Waals surface area (Å²) in [4.78, 5) is 18.7. The Labute approximate surface area is 153 Å². The average molecular weight is 356 g/mol. The van der Waals surface area contributed by atoms with E-state index >= 15 is 0 Å². The van der Waals surface area contributed by atoms with Crippen molar-refractivity contribution in [2.45, 2.75) is 19.4 Å². The number of nitrogens with zero attached hydrogens (tertiary/aromatic N) is 3. The van der Waals surface area contributed by atoms with Crippen LogP contribution in [0.25, 0.3) is 0 Å². The van der Waals surface area contributed by atoms with Gasteiger partial charge in [-0.1, -0.05) is 11.6 Å². The fraction of sp³-hybridized carbons (Fsp3) is 0.350. The van der Waals surface area contributed by atoms with E-state index in [0.717, 1.165) is 49.0 Å². The predicted octanol–water partition coefficient (Wildman–Crippen LogP) is 4.05. The van der Waals surface area contributed by atoms with Crippen molar-refractivity contribution in [1.82, 2.24) is 4.90 Å². The highest BCUT2D eigenvalue weighted by atomic mass is 35.5. The van der Waals surface area contributed by atoms with Crippen LogP contribution in [0.3, 0.4) is 0 Å². The number of benzene rings is 2. The van der Waals surface area contributed by atoms with Gasteiger partial charge in [0.1, 0.15) is 0 Å². The highest BCUT2D eigenvalue weighted by Crippen LogP contribution is 2.35. The summed E-state index contributed by atoms with van der Waals surface area (Å²) >= 11 is 6.05. The zero-order valence-electron chi connectivity index (χ0n) is 14.4. The van der Waals surface area contributed by atoms with Crippen molar-refractivity contribution in [2.75, 3.05) is 36.5 Å². The van der Waals surface area contributed by atoms with Crippen molar-refractivity contribution in [3.63, 3.8) is 0 Å². The molecule has 0 unspecified atom stereocenters. The number of likely N-dealkylation sites (N-methyl/N-ethyl adjacent to an activating group) is 1. The molecule has 0 saturated carbocycles. The van der Waals surface area contributed by atoms with Crippen LogP contribution in [0.15, 0.2) is 42.5 Å². The van der Waals surface area contributed by atoms with E-state index in [4.69, 9.17) is 11.6 Å². The first kappa shape index (κ1) is 16.4. The minimum Gasteiger partial charge on any atom is -0.340 e. The SMILES string of the molecule is CN1CCN(c2ccc(Cl)cc2)c2ccc(N3CCCC3=O)cc2C1. The van der Waals surface area contributed by atoms with Crippen LogP contribution in [0.5, 0.6) is 0 Å². The van der Waals surface area contributed by atoms with Crippen LogP contribution >= 0.6 is 11.6 Å². The molecule has 1 amide bonds. The molecule has 0 aliphatic carbocycles. The Morgan fingerprint density at radius 2 is 1.68 bits per heavy atom. The summed E-state index contributed by atoms with van der Waals surface area (Å²) in [5, 5.41) is 0.749. The van der Waals surface area contributed by atoms with E-state index < -0.39 is 0 Å². The molecule has 130 valence electrons. The van der Waals surface area contributed by atoms with Gasteiger partial charge in [0.2, 0.25) is 5.91 Å². The van der Waals surface area contributed by atoms with Crippen molar-refractivity contribution < 1.29 is 4.79 Å². The first-order valence-corrected chi connectivity index (χ1v) is 9.14. The molecule has 1 saturated heterocycles. The first-order chi connectivity index (χ1) is 12.1. The minimum atomic E-state index is 0.233. The van der Waals surface area contributed by atoms with E-state index in [2.05, 4.69) is 47.2 Å². The van der Waals surface area contributed by atoms with E-state index in [-0.39, 0.29) is 5.91 Å². The van der Waals surface area contributed by atoms with Crippen LogP contribution in [0.4, 0.5) is 17.1 Å². The van der Waals surface area contributed by atoms with Crippen molar-refractivity contribution >= 4 is 34.6 Å². The fourth-order valence-corrected chi connectivity index (χ4v) is 3.83. The molecular formula is C20H22ClN3O. The summed E-state index contributed by atoms with van der Waals surface area (Å²) < 4.78 is 0. The van der Waals surface area contributed by atoms with Crippen LogP contribution in [-0.2, 0) is 11.3 Å². The monoisotopic (exact) mass is 355 g/mol. The number of anilines is 3. The number of hydrogen-bond acceptors (Lipinski definition) is 3. The minimum absolute atomic E-state index is 0.233. The van der Waals surface area contributed by atoms with Crippen molar-refractivity contribution in [2.24, 2.45) is 0 Å². The number of carbonyl (C=O) groups excluding carboxylic acids is 1. The Hall–Kier alpha value is -2.04. The molecule has 2 aliphatic heterocycles. The summed E-state index contributed by atoms with van der Waals surface area (Å²) in [6.45, 7) is 3.62. The van der Waals surface area contributed by atoms with Gasteiger partial charge in [0.05, 0.1) is 0 Å². The van der Waals surface area contributed by atoms with Gasteiger partial charge in [0.25, 0.3) is 0 Å². The first-order valence-electron chi connectivity index (χ1n) is 8.77. The molecule has 0 radical (unpaired) electrons. The lowest BCUT2D eigenvalue weighted by atomic mass is 10.1. The summed E-state index contributed by atoms with van der Waals surface area (Å²) in [6, 6.07) is 14.4. The maximum atomic E-state index is 12.1. The molecule has 2 aromatic rings. The van der Waals surface area contributed by atoms with Crippen LogP contribution in [0, 0.1) is 0 Å². The van der Waals surface area contributed by atoms with E-state index in [1.54, 1.807) is 0 Å². The summed E-state index contributed by atoms with van der Waals surface area (Å²) in [7, 11) is 2.14. The van der Waals surface area contributed by atoms with E-state index in [1.807, 2.05) is 17.0 Å². The number of hydrogen-bond donors (Lipinski definition) is 0. The number of amides is 1. The number of carbonyl (C=O) groups is 1. The second-order valence-electron chi connectivity index (χ2n) is 6.83. The van der Waals surface area contributed by atoms with Gasteiger partial charge in [-0.3, -0.25) is 4.79 Å². The molecule has 2 aromatic carbocycles. The summed E-state index contributed by atoms with van der Waals surface area (Å²) in [5.41, 5.74) is 4.63. The standard InChI is InChI=1S/C20H22ClN3O/c1-22-11-12-23(17-6-4-16(21)5-7-17)19-9-8-18(13-15(19)14-22)24-10-2-3-20(24)25/h4-9,13H,2-3,10-12,14H2,1H3. The van der Waals surface area contributed by atoms with E-state index in [9.17, 15) is 4.79 Å². The number of fused-ring (bicyclic) bond motifs is 1. The zero-order valence-corrected chi connectivity index (χ0v) is 15.2. The third kappa shape index (κ3) is 3.24. The Morgan fingerprint density at radius 1 is 0.920 bits per heavy atom. The van der Waals surface area contributed by atoms with Crippen LogP contribution < -0.4 is 9.80 Å². The van der Waals surface area contributed by atoms with Crippen molar-refractivity contribution in [3.8, 4) is 0 Å². The molecule has 0 bridgehead atoms. The molecular weight excluding hydrogens is 334 g/mol. The van der Waals surface area contributed by atoms with Gasteiger partial charge in [0.15, 0.2) is 0 Å². The molecule has 4 nitrogen and oxygen atoms in total. The normalized spacial score (nSPS) is 18.4. The lowest BCUT2D eigenvalue weighted by Crippen LogP contribution is -2.26. The van der Waals surface area contributed by atoms with Crippen LogP contribution in [-0.4, -0.2) is 37.5 Å². The smallest absolute Gasteiger partial charge is 0.227 e. The maximum absolute atomic E-state index is 12.1. The molecule has 4 rings (SSSR count). The molecule has 0 spiro atoms. The maximum Gasteiger partial charge on any atom is 0.227 e. The third-order valence-corrected chi connectivity index (χ3v) is 5.27. The molecule has 2 heterocycles. The molecule has 0 atom stereocenters. The fourth-order valence-electron chi connectivity index (χ4n) is 3.70. The molecule has 0 N–H and O–H groups in total. The molecule has 0 aromatic heterocycles. The van der Waals surface area contributed by atoms with Crippen molar-refractivity contribution in [1.29, 1.82) is 0 Å². The van der Waals surface area contributed by atoms with Gasteiger partial charge < -0.3 is 14.7 Å². The Kier molecular flexibility index (Phi) is 4.40. The highest BCUT2D eigenvalue weighted by Gasteiger charge is 2.24. The number of rotatable bonds is 2. The van der Waals surface area contributed by atoms with Gasteiger partial charge in [0, 0.05) is 54.7 Å². The van der Waals surface area contributed by atoms with E-state index in [1.165, 1.54) is 11.3 Å². The van der Waals surface area contributed by atoms with Crippen LogP contribution in [0.1, 0.15) is 18.4 Å². The number of halogens is 1. The molecule has 1 fully saturated rings. The molecule has 5 heteroatoms. The molecule has 25 heavy (non-hydrogen) atoms. The summed E-state index contributed by atoms with van der Waals surface area (Å²) in [5.74, 6) is 0.233. The van der Waals surface area contributed by atoms with Gasteiger partial charge >= 0.3 is 0 Å². The second kappa shape index (κ2) is 6.70. The van der Waals surface area contributed by atoms with Crippen LogP contribution in [0.2, 0.25) is 5.02 Å². The molecule has 2 aliphatic rings. The van der Waals surface area contributed by atoms with Gasteiger partial charge in [-0.05, 0) is 61.5 Å². The van der Waals surface area contributed by atoms with E-state index in [0.29, 0.717) is 6.42 Å². The topological polar surface area (TPSA) is 26.8 Å². The average Bonchev–Trinajstić information content (AvgIpc) is 2.95. The second-order valence-corrected chi connectivity index (χ2v) is 7.26. The quantitative estimate of drug-likeness (QED) is 0.813. The van der Waals surface area contributed by atoms with Crippen molar-refractivity contribution in [3.05, 3.63) is 53.1 Å². The Morgan fingerprint density at radius 3 is 2.40 bits per heavy atom. The van der Waals surface area contributed by atoms with Gasteiger partial charge in [-0.15, -0.1) is 0 Å².